The maximum absolute atomic E-state index is 12.8. The number of pyridine rings is 1. The lowest BCUT2D eigenvalue weighted by Gasteiger charge is -2.17. The van der Waals surface area contributed by atoms with Crippen LogP contribution in [0.4, 0.5) is 18.9 Å². The van der Waals surface area contributed by atoms with Crippen molar-refractivity contribution in [2.45, 2.75) is 36.8 Å². The molecule has 31 heavy (non-hydrogen) atoms. The number of amidine groups is 1. The van der Waals surface area contributed by atoms with Crippen LogP contribution in [-0.4, -0.2) is 43.6 Å². The zero-order valence-electron chi connectivity index (χ0n) is 16.7. The van der Waals surface area contributed by atoms with E-state index in [9.17, 15) is 26.4 Å². The van der Waals surface area contributed by atoms with Gasteiger partial charge < -0.3 is 10.2 Å². The molecule has 1 N–H and O–H groups in total. The quantitative estimate of drug-likeness (QED) is 0.756. The maximum Gasteiger partial charge on any atom is 0.433 e. The summed E-state index contributed by atoms with van der Waals surface area (Å²) < 4.78 is 67.3. The monoisotopic (exact) mass is 454 g/mol. The first-order valence-electron chi connectivity index (χ1n) is 9.56. The van der Waals surface area contributed by atoms with Gasteiger partial charge in [-0.2, -0.15) is 21.6 Å². The molecule has 1 fully saturated rings. The summed E-state index contributed by atoms with van der Waals surface area (Å²) >= 11 is 0. The number of benzene rings is 1. The topological polar surface area (TPSA) is 91.7 Å². The molecule has 1 aromatic heterocycles. The maximum atomic E-state index is 12.8. The minimum atomic E-state index is -4.61. The van der Waals surface area contributed by atoms with Gasteiger partial charge in [-0.15, -0.1) is 4.40 Å². The molecule has 1 amide bonds. The van der Waals surface area contributed by atoms with Crippen LogP contribution < -0.4 is 5.32 Å². The van der Waals surface area contributed by atoms with E-state index in [1.165, 1.54) is 24.3 Å². The molecule has 3 rings (SSSR count). The Kier molecular flexibility index (Phi) is 6.63. The third-order valence-electron chi connectivity index (χ3n) is 4.77. The number of sulfonamides is 1. The molecule has 0 unspecified atom stereocenters. The lowest BCUT2D eigenvalue weighted by molar-refractivity contribution is -0.141. The smallest absolute Gasteiger partial charge is 0.362 e. The molecule has 0 spiro atoms. The van der Waals surface area contributed by atoms with Crippen molar-refractivity contribution in [2.75, 3.05) is 18.9 Å². The van der Waals surface area contributed by atoms with Crippen molar-refractivity contribution in [1.29, 1.82) is 0 Å². The lowest BCUT2D eigenvalue weighted by atomic mass is 10.2. The Bertz CT molecular complexity index is 1080. The Morgan fingerprint density at radius 1 is 1.16 bits per heavy atom. The van der Waals surface area contributed by atoms with Crippen LogP contribution in [0.2, 0.25) is 0 Å². The van der Waals surface area contributed by atoms with Gasteiger partial charge in [0.05, 0.1) is 10.5 Å². The summed E-state index contributed by atoms with van der Waals surface area (Å²) in [5.41, 5.74) is -1.04. The molecule has 0 saturated carbocycles. The van der Waals surface area contributed by atoms with Crippen LogP contribution in [0.25, 0.3) is 0 Å². The van der Waals surface area contributed by atoms with Crippen molar-refractivity contribution in [3.8, 4) is 0 Å². The van der Waals surface area contributed by atoms with E-state index in [0.717, 1.165) is 38.1 Å². The Hall–Kier alpha value is -2.95. The Labute approximate surface area is 178 Å². The first kappa shape index (κ1) is 22.7. The second kappa shape index (κ2) is 9.04. The summed E-state index contributed by atoms with van der Waals surface area (Å²) in [4.78, 5) is 17.3. The molecule has 2 heterocycles. The Morgan fingerprint density at radius 3 is 2.61 bits per heavy atom. The fraction of sp³-hybridized carbons (Fsp3) is 0.350. The SMILES string of the molecule is CN1CCCCCC1=NS(=O)(=O)c1cccc(NC(=O)c2ccc(C(F)(F)F)nc2)c1. The minimum absolute atomic E-state index is 0.0958. The van der Waals surface area contributed by atoms with E-state index in [1.54, 1.807) is 7.05 Å². The molecule has 0 radical (unpaired) electrons. The Morgan fingerprint density at radius 2 is 1.94 bits per heavy atom. The van der Waals surface area contributed by atoms with Gasteiger partial charge in [-0.3, -0.25) is 9.78 Å². The molecule has 1 aliphatic heterocycles. The van der Waals surface area contributed by atoms with E-state index >= 15 is 0 Å². The highest BCUT2D eigenvalue weighted by atomic mass is 32.2. The normalized spacial score (nSPS) is 16.8. The largest absolute Gasteiger partial charge is 0.433 e. The van der Waals surface area contributed by atoms with Crippen LogP contribution in [0.1, 0.15) is 41.7 Å². The predicted octanol–water partition coefficient (Wildman–Crippen LogP) is 3.95. The van der Waals surface area contributed by atoms with Crippen LogP contribution in [0.3, 0.4) is 0 Å². The zero-order chi connectivity index (χ0) is 22.6. The molecule has 7 nitrogen and oxygen atoms in total. The number of amides is 1. The predicted molar refractivity (Wildman–Crippen MR) is 109 cm³/mol. The fourth-order valence-electron chi connectivity index (χ4n) is 3.07. The van der Waals surface area contributed by atoms with Gasteiger partial charge in [-0.25, -0.2) is 0 Å². The average Bonchev–Trinajstić information content (AvgIpc) is 2.91. The van der Waals surface area contributed by atoms with Crippen LogP contribution in [0.15, 0.2) is 51.9 Å². The van der Waals surface area contributed by atoms with Crippen molar-refractivity contribution in [3.05, 3.63) is 53.9 Å². The van der Waals surface area contributed by atoms with Gasteiger partial charge in [0.2, 0.25) is 0 Å². The summed E-state index contributed by atoms with van der Waals surface area (Å²) in [5.74, 6) is -0.228. The van der Waals surface area contributed by atoms with E-state index in [-0.39, 0.29) is 16.1 Å². The second-order valence-electron chi connectivity index (χ2n) is 7.13. The van der Waals surface area contributed by atoms with E-state index in [0.29, 0.717) is 18.3 Å². The second-order valence-corrected chi connectivity index (χ2v) is 8.73. The number of likely N-dealkylation sites (tertiary alicyclic amines) is 1. The number of hydrogen-bond acceptors (Lipinski definition) is 4. The number of aromatic nitrogens is 1. The number of nitrogens with one attached hydrogen (secondary N) is 1. The van der Waals surface area contributed by atoms with Crippen molar-refractivity contribution in [1.82, 2.24) is 9.88 Å². The van der Waals surface area contributed by atoms with Gasteiger partial charge in [0.25, 0.3) is 15.9 Å². The fourth-order valence-corrected chi connectivity index (χ4v) is 4.21. The molecule has 1 aliphatic rings. The number of anilines is 1. The summed E-state index contributed by atoms with van der Waals surface area (Å²) in [6.45, 7) is 0.728. The van der Waals surface area contributed by atoms with Gasteiger partial charge in [-0.1, -0.05) is 12.5 Å². The molecular weight excluding hydrogens is 433 g/mol. The van der Waals surface area contributed by atoms with Gasteiger partial charge >= 0.3 is 6.18 Å². The highest BCUT2D eigenvalue weighted by Crippen LogP contribution is 2.27. The number of halogens is 3. The number of carbonyl (C=O) groups is 1. The molecule has 0 aliphatic carbocycles. The van der Waals surface area contributed by atoms with E-state index in [4.69, 9.17) is 0 Å². The molecule has 11 heteroatoms. The summed E-state index contributed by atoms with van der Waals surface area (Å²) in [7, 11) is -2.20. The average molecular weight is 454 g/mol. The van der Waals surface area contributed by atoms with Crippen LogP contribution >= 0.6 is 0 Å². The van der Waals surface area contributed by atoms with Gasteiger partial charge in [-0.05, 0) is 43.2 Å². The van der Waals surface area contributed by atoms with Crippen LogP contribution in [0, 0.1) is 0 Å². The first-order chi connectivity index (χ1) is 14.6. The number of alkyl halides is 3. The van der Waals surface area contributed by atoms with Crippen molar-refractivity contribution in [3.63, 3.8) is 0 Å². The number of rotatable bonds is 4. The standard InChI is InChI=1S/C20H21F3N4O3S/c1-27-11-4-2-3-8-18(27)26-31(29,30)16-7-5-6-15(12-16)25-19(28)14-9-10-17(24-13-14)20(21,22)23/h5-7,9-10,12-13H,2-4,8,11H2,1H3,(H,25,28). The van der Waals surface area contributed by atoms with Crippen LogP contribution in [-0.2, 0) is 16.2 Å². The van der Waals surface area contributed by atoms with E-state index in [1.807, 2.05) is 4.90 Å². The number of nitrogens with zero attached hydrogens (tertiary/aromatic N) is 3. The minimum Gasteiger partial charge on any atom is -0.362 e. The number of carbonyl (C=O) groups excluding carboxylic acids is 1. The highest BCUT2D eigenvalue weighted by Gasteiger charge is 2.32. The molecule has 2 aromatic rings. The lowest BCUT2D eigenvalue weighted by Crippen LogP contribution is -2.26. The first-order valence-corrected chi connectivity index (χ1v) is 11.0. The number of hydrogen-bond donors (Lipinski definition) is 1. The molecular formula is C20H21F3N4O3S. The van der Waals surface area contributed by atoms with E-state index < -0.39 is 27.8 Å². The molecule has 0 bridgehead atoms. The zero-order valence-corrected chi connectivity index (χ0v) is 17.5. The summed E-state index contributed by atoms with van der Waals surface area (Å²) in [5, 5.41) is 2.47. The third-order valence-corrected chi connectivity index (χ3v) is 6.07. The van der Waals surface area contributed by atoms with Crippen molar-refractivity contribution >= 4 is 27.5 Å². The Balaban J connectivity index is 1.79. The van der Waals surface area contributed by atoms with E-state index in [2.05, 4.69) is 14.7 Å². The van der Waals surface area contributed by atoms with Crippen LogP contribution in [0.5, 0.6) is 0 Å². The molecule has 1 aromatic carbocycles. The summed E-state index contributed by atoms with van der Waals surface area (Å²) in [6.07, 6.45) is -0.403. The molecule has 166 valence electrons. The summed E-state index contributed by atoms with van der Waals surface area (Å²) in [6, 6.07) is 7.25. The third kappa shape index (κ3) is 5.81. The van der Waals surface area contributed by atoms with Gasteiger partial charge in [0, 0.05) is 31.9 Å². The van der Waals surface area contributed by atoms with Gasteiger partial charge in [0.15, 0.2) is 0 Å². The highest BCUT2D eigenvalue weighted by molar-refractivity contribution is 7.90. The van der Waals surface area contributed by atoms with Crippen molar-refractivity contribution < 1.29 is 26.4 Å². The van der Waals surface area contributed by atoms with Gasteiger partial charge in [0.1, 0.15) is 11.5 Å². The van der Waals surface area contributed by atoms with Crippen molar-refractivity contribution in [2.24, 2.45) is 4.40 Å². The molecule has 0 atom stereocenters. The molecule has 1 saturated heterocycles.